The van der Waals surface area contributed by atoms with Gasteiger partial charge in [0.15, 0.2) is 5.96 Å². The van der Waals surface area contributed by atoms with Gasteiger partial charge in [0.05, 0.1) is 24.7 Å². The summed E-state index contributed by atoms with van der Waals surface area (Å²) in [7, 11) is 0. The topological polar surface area (TPSA) is 75.0 Å². The molecule has 1 aromatic carbocycles. The Morgan fingerprint density at radius 3 is 2.45 bits per heavy atom. The third-order valence-electron chi connectivity index (χ3n) is 6.16. The Bertz CT molecular complexity index is 855. The summed E-state index contributed by atoms with van der Waals surface area (Å²) in [4.78, 5) is 23.8. The van der Waals surface area contributed by atoms with E-state index in [2.05, 4.69) is 34.0 Å². The fourth-order valence-electron chi connectivity index (χ4n) is 4.63. The molecule has 0 radical (unpaired) electrons. The number of aliphatic imine (C=N–C) groups is 1. The monoisotopic (exact) mass is 570 g/mol. The standard InChI is InChI=1S/C24H35FN6O.HI/c1-4-27-24(28-14-21-12-20(13-26)5-6-22(21)25)30-9-7-29(8-10-30)17-23(32)31-15-18(2)11-19(3)16-31;/h5-6,12,18-19H,4,7-11,14-17H2,1-3H3,(H,27,28);1H. The smallest absolute Gasteiger partial charge is 0.236 e. The molecular formula is C24H36FIN6O. The zero-order chi connectivity index (χ0) is 23.1. The molecule has 182 valence electrons. The number of carbonyl (C=O) groups excluding carboxylic acids is 1. The second kappa shape index (κ2) is 13.1. The SMILES string of the molecule is CCNC(=NCc1cc(C#N)ccc1F)N1CCN(CC(=O)N2CC(C)CC(C)C2)CC1.I. The summed E-state index contributed by atoms with van der Waals surface area (Å²) in [5.41, 5.74) is 0.839. The van der Waals surface area contributed by atoms with Crippen LogP contribution >= 0.6 is 24.0 Å². The Morgan fingerprint density at radius 1 is 1.18 bits per heavy atom. The largest absolute Gasteiger partial charge is 0.357 e. The summed E-state index contributed by atoms with van der Waals surface area (Å²) in [6.45, 7) is 12.6. The zero-order valence-electron chi connectivity index (χ0n) is 19.9. The number of nitrogens with zero attached hydrogens (tertiary/aromatic N) is 5. The number of nitriles is 1. The van der Waals surface area contributed by atoms with Crippen LogP contribution < -0.4 is 5.32 Å². The molecule has 0 spiro atoms. The Labute approximate surface area is 214 Å². The van der Waals surface area contributed by atoms with Gasteiger partial charge < -0.3 is 15.1 Å². The van der Waals surface area contributed by atoms with Crippen molar-refractivity contribution in [2.75, 3.05) is 52.4 Å². The number of hydrogen-bond acceptors (Lipinski definition) is 4. The summed E-state index contributed by atoms with van der Waals surface area (Å²) in [6, 6.07) is 6.38. The van der Waals surface area contributed by atoms with Gasteiger partial charge in [-0.2, -0.15) is 5.26 Å². The van der Waals surface area contributed by atoms with Gasteiger partial charge in [0.2, 0.25) is 5.91 Å². The normalized spacial score (nSPS) is 21.8. The predicted molar refractivity (Wildman–Crippen MR) is 139 cm³/mol. The number of guanidine groups is 1. The Kier molecular flexibility index (Phi) is 10.8. The van der Waals surface area contributed by atoms with Gasteiger partial charge in [0.25, 0.3) is 0 Å². The molecule has 2 fully saturated rings. The molecule has 1 aromatic rings. The van der Waals surface area contributed by atoms with Crippen molar-refractivity contribution in [1.29, 1.82) is 5.26 Å². The van der Waals surface area contributed by atoms with E-state index in [4.69, 9.17) is 5.26 Å². The van der Waals surface area contributed by atoms with E-state index >= 15 is 0 Å². The molecule has 0 aromatic heterocycles. The van der Waals surface area contributed by atoms with Crippen molar-refractivity contribution in [2.24, 2.45) is 16.8 Å². The molecule has 0 aliphatic carbocycles. The highest BCUT2D eigenvalue weighted by molar-refractivity contribution is 14.0. The molecule has 2 atom stereocenters. The van der Waals surface area contributed by atoms with E-state index in [-0.39, 0.29) is 42.2 Å². The number of amides is 1. The molecule has 2 aliphatic rings. The van der Waals surface area contributed by atoms with Crippen molar-refractivity contribution < 1.29 is 9.18 Å². The van der Waals surface area contributed by atoms with Crippen LogP contribution in [0.2, 0.25) is 0 Å². The lowest BCUT2D eigenvalue weighted by atomic mass is 9.92. The molecule has 3 rings (SSSR count). The molecule has 2 unspecified atom stereocenters. The number of rotatable bonds is 5. The summed E-state index contributed by atoms with van der Waals surface area (Å²) < 4.78 is 14.1. The molecular weight excluding hydrogens is 534 g/mol. The van der Waals surface area contributed by atoms with Gasteiger partial charge in [-0.25, -0.2) is 9.38 Å². The first kappa shape index (κ1) is 27.3. The molecule has 7 nitrogen and oxygen atoms in total. The first-order valence-electron chi connectivity index (χ1n) is 11.6. The quantitative estimate of drug-likeness (QED) is 0.335. The van der Waals surface area contributed by atoms with Crippen LogP contribution in [0.3, 0.4) is 0 Å². The first-order valence-corrected chi connectivity index (χ1v) is 11.6. The third-order valence-corrected chi connectivity index (χ3v) is 6.16. The van der Waals surface area contributed by atoms with E-state index in [0.717, 1.165) is 45.2 Å². The fraction of sp³-hybridized carbons (Fsp3) is 0.625. The molecule has 2 heterocycles. The van der Waals surface area contributed by atoms with Crippen molar-refractivity contribution >= 4 is 35.8 Å². The molecule has 1 N–H and O–H groups in total. The van der Waals surface area contributed by atoms with Gasteiger partial charge in [0, 0.05) is 51.4 Å². The summed E-state index contributed by atoms with van der Waals surface area (Å²) in [5.74, 6) is 1.74. The molecule has 33 heavy (non-hydrogen) atoms. The molecule has 1 amide bonds. The lowest BCUT2D eigenvalue weighted by Gasteiger charge is -2.39. The number of hydrogen-bond donors (Lipinski definition) is 1. The van der Waals surface area contributed by atoms with Crippen molar-refractivity contribution in [3.8, 4) is 6.07 Å². The zero-order valence-corrected chi connectivity index (χ0v) is 22.2. The lowest BCUT2D eigenvalue weighted by molar-refractivity contribution is -0.135. The van der Waals surface area contributed by atoms with Crippen molar-refractivity contribution in [3.05, 3.63) is 35.1 Å². The average molecular weight is 570 g/mol. The van der Waals surface area contributed by atoms with E-state index in [1.54, 1.807) is 6.07 Å². The van der Waals surface area contributed by atoms with Crippen LogP contribution in [0.5, 0.6) is 0 Å². The molecule has 2 aliphatic heterocycles. The molecule has 0 bridgehead atoms. The van der Waals surface area contributed by atoms with Crippen LogP contribution in [0.15, 0.2) is 23.2 Å². The van der Waals surface area contributed by atoms with Gasteiger partial charge in [-0.15, -0.1) is 24.0 Å². The van der Waals surface area contributed by atoms with E-state index in [1.165, 1.54) is 18.6 Å². The first-order chi connectivity index (χ1) is 15.4. The van der Waals surface area contributed by atoms with Crippen LogP contribution in [0.4, 0.5) is 4.39 Å². The number of nitrogens with one attached hydrogen (secondary N) is 1. The van der Waals surface area contributed by atoms with Crippen LogP contribution in [0.25, 0.3) is 0 Å². The maximum absolute atomic E-state index is 14.1. The maximum atomic E-state index is 14.1. The second-order valence-electron chi connectivity index (χ2n) is 9.10. The number of likely N-dealkylation sites (tertiary alicyclic amines) is 1. The number of carbonyl (C=O) groups is 1. The number of piperazine rings is 1. The number of halogens is 2. The van der Waals surface area contributed by atoms with Gasteiger partial charge in [0.1, 0.15) is 5.82 Å². The van der Waals surface area contributed by atoms with Crippen LogP contribution in [0.1, 0.15) is 38.3 Å². The third kappa shape index (κ3) is 7.81. The highest BCUT2D eigenvalue weighted by Gasteiger charge is 2.28. The number of benzene rings is 1. The minimum absolute atomic E-state index is 0. The van der Waals surface area contributed by atoms with Crippen molar-refractivity contribution in [3.63, 3.8) is 0 Å². The highest BCUT2D eigenvalue weighted by Crippen LogP contribution is 2.21. The minimum Gasteiger partial charge on any atom is -0.357 e. The van der Waals surface area contributed by atoms with Crippen molar-refractivity contribution in [2.45, 2.75) is 33.7 Å². The maximum Gasteiger partial charge on any atom is 0.236 e. The summed E-state index contributed by atoms with van der Waals surface area (Å²) in [5, 5.41) is 12.3. The van der Waals surface area contributed by atoms with Gasteiger partial charge in [-0.3, -0.25) is 9.69 Å². The minimum atomic E-state index is -0.353. The van der Waals surface area contributed by atoms with Crippen molar-refractivity contribution in [1.82, 2.24) is 20.0 Å². The molecule has 2 saturated heterocycles. The van der Waals surface area contributed by atoms with E-state index in [9.17, 15) is 9.18 Å². The van der Waals surface area contributed by atoms with Crippen LogP contribution in [-0.2, 0) is 11.3 Å². The Morgan fingerprint density at radius 2 is 1.85 bits per heavy atom. The van der Waals surface area contributed by atoms with E-state index in [0.29, 0.717) is 36.1 Å². The van der Waals surface area contributed by atoms with E-state index < -0.39 is 0 Å². The van der Waals surface area contributed by atoms with E-state index in [1.807, 2.05) is 17.9 Å². The Hall–Kier alpha value is -1.93. The van der Waals surface area contributed by atoms with Gasteiger partial charge in [-0.05, 0) is 43.4 Å². The van der Waals surface area contributed by atoms with Crippen LogP contribution in [0, 0.1) is 29.0 Å². The second-order valence-corrected chi connectivity index (χ2v) is 9.10. The summed E-state index contributed by atoms with van der Waals surface area (Å²) in [6.07, 6.45) is 1.19. The lowest BCUT2D eigenvalue weighted by Crippen LogP contribution is -2.55. The molecule has 0 saturated carbocycles. The van der Waals surface area contributed by atoms with Gasteiger partial charge >= 0.3 is 0 Å². The fourth-order valence-corrected chi connectivity index (χ4v) is 4.63. The average Bonchev–Trinajstić information content (AvgIpc) is 2.77. The molecule has 9 heteroatoms. The summed E-state index contributed by atoms with van der Waals surface area (Å²) >= 11 is 0. The Balaban J connectivity index is 0.00000385. The van der Waals surface area contributed by atoms with Gasteiger partial charge in [-0.1, -0.05) is 13.8 Å². The highest BCUT2D eigenvalue weighted by atomic mass is 127. The predicted octanol–water partition coefficient (Wildman–Crippen LogP) is 2.90. The van der Waals surface area contributed by atoms with Crippen LogP contribution in [-0.4, -0.2) is 78.9 Å². The number of piperidine rings is 1.